The molecule has 0 unspecified atom stereocenters. The molecule has 27 heavy (non-hydrogen) atoms. The van der Waals surface area contributed by atoms with Crippen molar-refractivity contribution in [2.24, 2.45) is 0 Å². The molecule has 3 aromatic carbocycles. The lowest BCUT2D eigenvalue weighted by Gasteiger charge is -2.30. The van der Waals surface area contributed by atoms with E-state index in [1.54, 1.807) is 0 Å². The Morgan fingerprint density at radius 2 is 1.15 bits per heavy atom. The molecule has 0 spiro atoms. The topological polar surface area (TPSA) is 27.7 Å². The van der Waals surface area contributed by atoms with Gasteiger partial charge in [-0.25, -0.2) is 0 Å². The minimum Gasteiger partial charge on any atom is -0.457 e. The van der Waals surface area contributed by atoms with Crippen LogP contribution in [0.3, 0.4) is 0 Å². The van der Waals surface area contributed by atoms with Gasteiger partial charge in [-0.3, -0.25) is 0 Å². The molecule has 0 saturated carbocycles. The lowest BCUT2D eigenvalue weighted by Crippen LogP contribution is -2.63. The summed E-state index contributed by atoms with van der Waals surface area (Å²) in [5, 5.41) is 2.18. The van der Waals surface area contributed by atoms with Crippen molar-refractivity contribution in [1.29, 1.82) is 0 Å². The lowest BCUT2D eigenvalue weighted by atomic mass is 10.3. The zero-order valence-electron chi connectivity index (χ0n) is 15.5. The third kappa shape index (κ3) is 4.68. The van der Waals surface area contributed by atoms with Gasteiger partial charge in [-0.2, -0.15) is 0 Å². The van der Waals surface area contributed by atoms with Crippen molar-refractivity contribution in [3.8, 4) is 11.5 Å². The first-order valence-electron chi connectivity index (χ1n) is 9.05. The van der Waals surface area contributed by atoms with Crippen LogP contribution in [0.1, 0.15) is 13.8 Å². The fraction of sp³-hybridized carbons (Fsp3) is 0.182. The summed E-state index contributed by atoms with van der Waals surface area (Å²) in [7, 11) is -2.73. The Bertz CT molecular complexity index is 830. The van der Waals surface area contributed by atoms with Crippen molar-refractivity contribution in [1.82, 2.24) is 0 Å². The van der Waals surface area contributed by atoms with E-state index in [9.17, 15) is 0 Å². The Kier molecular flexibility index (Phi) is 6.85. The van der Waals surface area contributed by atoms with Crippen LogP contribution in [0, 0.1) is 0 Å². The molecule has 0 amide bonds. The third-order valence-corrected chi connectivity index (χ3v) is 8.24. The van der Waals surface area contributed by atoms with Gasteiger partial charge >= 0.3 is 8.56 Å². The molecule has 0 fully saturated rings. The molecule has 5 heteroatoms. The van der Waals surface area contributed by atoms with Crippen molar-refractivity contribution in [3.05, 3.63) is 83.3 Å². The number of hydrogen-bond donors (Lipinski definition) is 0. The van der Waals surface area contributed by atoms with Gasteiger partial charge in [0.05, 0.1) is 0 Å². The maximum Gasteiger partial charge on any atom is 0.407 e. The first-order valence-corrected chi connectivity index (χ1v) is 11.7. The van der Waals surface area contributed by atoms with E-state index in [-0.39, 0.29) is 0 Å². The van der Waals surface area contributed by atoms with Crippen LogP contribution in [0.25, 0.3) is 0 Å². The van der Waals surface area contributed by atoms with E-state index < -0.39 is 8.56 Å². The average Bonchev–Trinajstić information content (AvgIpc) is 2.71. The predicted octanol–water partition coefficient (Wildman–Crippen LogP) is 4.87. The van der Waals surface area contributed by atoms with Crippen LogP contribution in [0.5, 0.6) is 11.5 Å². The van der Waals surface area contributed by atoms with E-state index in [4.69, 9.17) is 13.6 Å². The second kappa shape index (κ2) is 9.33. The minimum absolute atomic E-state index is 0.595. The van der Waals surface area contributed by atoms with E-state index in [1.807, 2.05) is 68.4 Å². The highest BCUT2D eigenvalue weighted by Gasteiger charge is 2.42. The molecule has 0 aliphatic rings. The highest BCUT2D eigenvalue weighted by Crippen LogP contribution is 2.23. The molecule has 3 aromatic rings. The molecular weight excluding hydrogens is 420 g/mol. The molecular formula is C22H23BrO3Si. The molecule has 0 bridgehead atoms. The summed E-state index contributed by atoms with van der Waals surface area (Å²) >= 11 is 3.44. The summed E-state index contributed by atoms with van der Waals surface area (Å²) < 4.78 is 19.5. The molecule has 3 rings (SSSR count). The first-order chi connectivity index (χ1) is 13.2. The highest BCUT2D eigenvalue weighted by atomic mass is 79.9. The Hall–Kier alpha value is -1.92. The highest BCUT2D eigenvalue weighted by molar-refractivity contribution is 9.10. The van der Waals surface area contributed by atoms with Gasteiger partial charge in [0.1, 0.15) is 11.5 Å². The van der Waals surface area contributed by atoms with Gasteiger partial charge in [0, 0.05) is 17.7 Å². The lowest BCUT2D eigenvalue weighted by molar-refractivity contribution is 0.208. The summed E-state index contributed by atoms with van der Waals surface area (Å²) in [6, 6.07) is 26.1. The van der Waals surface area contributed by atoms with Crippen molar-refractivity contribution >= 4 is 34.9 Å². The summed E-state index contributed by atoms with van der Waals surface area (Å²) in [6.45, 7) is 5.21. The molecule has 0 heterocycles. The number of benzene rings is 3. The molecule has 0 aromatic heterocycles. The molecule has 0 saturated heterocycles. The Morgan fingerprint density at radius 3 is 1.67 bits per heavy atom. The second-order valence-electron chi connectivity index (χ2n) is 5.93. The number of halogens is 1. The SMILES string of the molecule is CCO[Si](OCC)(c1ccccc1)c1ccc(Oc2ccc(Br)cc2)cc1. The molecule has 0 aliphatic carbocycles. The Morgan fingerprint density at radius 1 is 0.667 bits per heavy atom. The number of rotatable bonds is 8. The molecule has 0 N–H and O–H groups in total. The molecule has 0 atom stereocenters. The van der Waals surface area contributed by atoms with Gasteiger partial charge in [-0.1, -0.05) is 58.4 Å². The Balaban J connectivity index is 1.92. The van der Waals surface area contributed by atoms with Crippen LogP contribution in [0.2, 0.25) is 0 Å². The van der Waals surface area contributed by atoms with Crippen molar-refractivity contribution in [2.75, 3.05) is 13.2 Å². The van der Waals surface area contributed by atoms with Crippen LogP contribution < -0.4 is 15.1 Å². The minimum atomic E-state index is -2.73. The summed E-state index contributed by atoms with van der Waals surface area (Å²) in [6.07, 6.45) is 0. The van der Waals surface area contributed by atoms with Gasteiger partial charge < -0.3 is 13.6 Å². The normalized spacial score (nSPS) is 11.4. The van der Waals surface area contributed by atoms with Crippen molar-refractivity contribution in [2.45, 2.75) is 13.8 Å². The molecule has 0 aliphatic heterocycles. The van der Waals surface area contributed by atoms with Gasteiger partial charge in [-0.15, -0.1) is 0 Å². The second-order valence-corrected chi connectivity index (χ2v) is 9.81. The van der Waals surface area contributed by atoms with Gasteiger partial charge in [0.2, 0.25) is 0 Å². The van der Waals surface area contributed by atoms with Crippen LogP contribution in [0.15, 0.2) is 83.3 Å². The summed E-state index contributed by atoms with van der Waals surface area (Å²) in [4.78, 5) is 0. The molecule has 0 radical (unpaired) electrons. The third-order valence-electron chi connectivity index (χ3n) is 4.13. The van der Waals surface area contributed by atoms with Gasteiger partial charge in [-0.05, 0) is 60.6 Å². The predicted molar refractivity (Wildman–Crippen MR) is 115 cm³/mol. The Labute approximate surface area is 170 Å². The van der Waals surface area contributed by atoms with Crippen molar-refractivity contribution in [3.63, 3.8) is 0 Å². The van der Waals surface area contributed by atoms with Gasteiger partial charge in [0.15, 0.2) is 0 Å². The van der Waals surface area contributed by atoms with Crippen LogP contribution in [-0.4, -0.2) is 21.8 Å². The average molecular weight is 443 g/mol. The fourth-order valence-electron chi connectivity index (χ4n) is 2.99. The summed E-state index contributed by atoms with van der Waals surface area (Å²) in [5.74, 6) is 1.58. The van der Waals surface area contributed by atoms with Crippen molar-refractivity contribution < 1.29 is 13.6 Å². The quantitative estimate of drug-likeness (QED) is 0.465. The molecule has 3 nitrogen and oxygen atoms in total. The van der Waals surface area contributed by atoms with E-state index >= 15 is 0 Å². The zero-order valence-corrected chi connectivity index (χ0v) is 18.1. The largest absolute Gasteiger partial charge is 0.457 e. The smallest absolute Gasteiger partial charge is 0.407 e. The van der Waals surface area contributed by atoms with Gasteiger partial charge in [0.25, 0.3) is 0 Å². The number of ether oxygens (including phenoxy) is 1. The monoisotopic (exact) mass is 442 g/mol. The standard InChI is InChI=1S/C22H23BrO3Si/c1-3-24-27(25-4-2,21-8-6-5-7-9-21)22-16-14-20(15-17-22)26-19-12-10-18(23)11-13-19/h5-17H,3-4H2,1-2H3. The van der Waals surface area contributed by atoms with E-state index in [1.165, 1.54) is 0 Å². The van der Waals surface area contributed by atoms with Crippen LogP contribution >= 0.6 is 15.9 Å². The number of hydrogen-bond acceptors (Lipinski definition) is 3. The first kappa shape index (κ1) is 19.8. The van der Waals surface area contributed by atoms with Crippen LogP contribution in [0.4, 0.5) is 0 Å². The molecule has 140 valence electrons. The van der Waals surface area contributed by atoms with Crippen LogP contribution in [-0.2, 0) is 8.85 Å². The summed E-state index contributed by atoms with van der Waals surface area (Å²) in [5.41, 5.74) is 0. The van der Waals surface area contributed by atoms with E-state index in [0.29, 0.717) is 13.2 Å². The maximum absolute atomic E-state index is 6.28. The fourth-order valence-corrected chi connectivity index (χ4v) is 6.38. The van der Waals surface area contributed by atoms with E-state index in [0.717, 1.165) is 26.3 Å². The van der Waals surface area contributed by atoms with E-state index in [2.05, 4.69) is 40.2 Å². The zero-order chi connectivity index (χ0) is 19.1. The maximum atomic E-state index is 6.28.